The van der Waals surface area contributed by atoms with E-state index in [1.165, 1.54) is 0 Å². The van der Waals surface area contributed by atoms with Crippen molar-refractivity contribution in [3.8, 4) is 0 Å². The lowest BCUT2D eigenvalue weighted by Gasteiger charge is -2.40. The number of aromatic nitrogens is 2. The van der Waals surface area contributed by atoms with E-state index in [4.69, 9.17) is 14.9 Å². The molecule has 0 aliphatic carbocycles. The molecule has 1 fully saturated rings. The quantitative estimate of drug-likeness (QED) is 0.378. The van der Waals surface area contributed by atoms with Crippen molar-refractivity contribution in [3.63, 3.8) is 0 Å². The molecule has 2 heterocycles. The van der Waals surface area contributed by atoms with Gasteiger partial charge in [-0.15, -0.1) is 0 Å². The monoisotopic (exact) mass is 304 g/mol. The Labute approximate surface area is 117 Å². The van der Waals surface area contributed by atoms with Gasteiger partial charge in [0, 0.05) is 12.3 Å². The number of rotatable bonds is 3. The summed E-state index contributed by atoms with van der Waals surface area (Å²) >= 11 is 0. The van der Waals surface area contributed by atoms with Gasteiger partial charge in [0.25, 0.3) is 5.56 Å². The van der Waals surface area contributed by atoms with Crippen LogP contribution in [0.4, 0.5) is 0 Å². The first-order valence-corrected chi connectivity index (χ1v) is 6.15. The zero-order chi connectivity index (χ0) is 15.7. The van der Waals surface area contributed by atoms with Crippen molar-refractivity contribution in [3.05, 3.63) is 33.1 Å². The van der Waals surface area contributed by atoms with E-state index in [9.17, 15) is 24.9 Å². The third-order valence-corrected chi connectivity index (χ3v) is 3.36. The Hall–Kier alpha value is -1.56. The van der Waals surface area contributed by atoms with E-state index in [0.717, 1.165) is 16.8 Å². The molecule has 1 aliphatic rings. The van der Waals surface area contributed by atoms with Crippen LogP contribution in [0.1, 0.15) is 6.23 Å². The summed E-state index contributed by atoms with van der Waals surface area (Å²) in [5.41, 5.74) is -1.79. The largest absolute Gasteiger partial charge is 0.394 e. The summed E-state index contributed by atoms with van der Waals surface area (Å²) in [4.78, 5) is 23.8. The van der Waals surface area contributed by atoms with Crippen LogP contribution < -0.4 is 11.2 Å². The Morgan fingerprint density at radius 3 is 2.33 bits per heavy atom. The minimum Gasteiger partial charge on any atom is -0.394 e. The van der Waals surface area contributed by atoms with Crippen LogP contribution in [0.25, 0.3) is 0 Å². The van der Waals surface area contributed by atoms with Gasteiger partial charge < -0.3 is 30.3 Å². The number of hydrogen-bond donors (Lipinski definition) is 5. The number of hydrogen-bond acceptors (Lipinski definition) is 8. The molecule has 118 valence electrons. The normalized spacial score (nSPS) is 33.1. The molecule has 21 heavy (non-hydrogen) atoms. The van der Waals surface area contributed by atoms with Crippen molar-refractivity contribution in [2.24, 2.45) is 0 Å². The Kier molecular flexibility index (Phi) is 4.56. The fourth-order valence-corrected chi connectivity index (χ4v) is 2.17. The van der Waals surface area contributed by atoms with Crippen LogP contribution in [0.5, 0.6) is 0 Å². The summed E-state index contributed by atoms with van der Waals surface area (Å²) in [5, 5.41) is 47.3. The molecular weight excluding hydrogens is 288 g/mol. The average molecular weight is 304 g/mol. The van der Waals surface area contributed by atoms with Crippen molar-refractivity contribution in [2.75, 3.05) is 6.61 Å². The first-order valence-electron chi connectivity index (χ1n) is 6.15. The molecule has 0 amide bonds. The highest BCUT2D eigenvalue weighted by molar-refractivity contribution is 4.95. The second-order valence-corrected chi connectivity index (χ2v) is 4.64. The molecule has 5 atom stereocenters. The Morgan fingerprint density at radius 1 is 1.10 bits per heavy atom. The smallest absolute Gasteiger partial charge is 0.335 e. The number of nitrogens with zero attached hydrogens (tertiary/aromatic N) is 2. The van der Waals surface area contributed by atoms with E-state index in [1.807, 2.05) is 0 Å². The van der Waals surface area contributed by atoms with E-state index in [1.54, 1.807) is 0 Å². The summed E-state index contributed by atoms with van der Waals surface area (Å²) in [6.45, 7) is -1.38. The Bertz CT molecular complexity index is 609. The zero-order valence-electron chi connectivity index (χ0n) is 10.8. The molecule has 10 heteroatoms. The van der Waals surface area contributed by atoms with Gasteiger partial charge in [0.2, 0.25) is 0 Å². The summed E-state index contributed by atoms with van der Waals surface area (Å²) in [6.07, 6.45) is -6.86. The van der Waals surface area contributed by atoms with Gasteiger partial charge in [-0.3, -0.25) is 9.36 Å². The molecule has 0 bridgehead atoms. The van der Waals surface area contributed by atoms with Crippen molar-refractivity contribution in [2.45, 2.75) is 37.4 Å². The molecule has 1 aliphatic heterocycles. The summed E-state index contributed by atoms with van der Waals surface area (Å²) in [5.74, 6) is 0. The predicted molar refractivity (Wildman–Crippen MR) is 66.2 cm³/mol. The van der Waals surface area contributed by atoms with Crippen molar-refractivity contribution in [1.82, 2.24) is 9.13 Å². The van der Waals surface area contributed by atoms with E-state index in [0.29, 0.717) is 4.57 Å². The summed E-state index contributed by atoms with van der Waals surface area (Å²) in [7, 11) is 0. The molecule has 0 saturated carbocycles. The minimum absolute atomic E-state index is 0.499. The van der Waals surface area contributed by atoms with Crippen molar-refractivity contribution < 1.29 is 30.3 Å². The highest BCUT2D eigenvalue weighted by atomic mass is 16.6. The molecule has 10 nitrogen and oxygen atoms in total. The lowest BCUT2D eigenvalue weighted by molar-refractivity contribution is -0.253. The van der Waals surface area contributed by atoms with E-state index in [-0.39, 0.29) is 0 Å². The molecule has 0 aromatic carbocycles. The van der Waals surface area contributed by atoms with Gasteiger partial charge in [0.1, 0.15) is 31.1 Å². The van der Waals surface area contributed by atoms with Crippen LogP contribution in [0.3, 0.4) is 0 Å². The maximum absolute atomic E-state index is 12.0. The predicted octanol–water partition coefficient (Wildman–Crippen LogP) is -4.07. The van der Waals surface area contributed by atoms with E-state index in [2.05, 4.69) is 0 Å². The molecule has 1 aromatic heterocycles. The molecule has 1 unspecified atom stereocenters. The lowest BCUT2D eigenvalue weighted by atomic mass is 9.98. The molecular formula is C11H16N2O8. The fraction of sp³-hybridized carbons (Fsp3) is 0.636. The number of aliphatic hydroxyl groups is 5. The molecule has 0 spiro atoms. The van der Waals surface area contributed by atoms with Crippen LogP contribution in [0, 0.1) is 0 Å². The maximum atomic E-state index is 12.0. The van der Waals surface area contributed by atoms with Crippen molar-refractivity contribution in [1.29, 1.82) is 0 Å². The van der Waals surface area contributed by atoms with Crippen molar-refractivity contribution >= 4 is 0 Å². The van der Waals surface area contributed by atoms with Crippen LogP contribution in [-0.4, -0.2) is 65.7 Å². The lowest BCUT2D eigenvalue weighted by Crippen LogP contribution is -2.59. The van der Waals surface area contributed by atoms with Crippen LogP contribution in [0.15, 0.2) is 21.9 Å². The molecule has 1 saturated heterocycles. The van der Waals surface area contributed by atoms with Gasteiger partial charge in [-0.2, -0.15) is 0 Å². The molecule has 1 aromatic rings. The van der Waals surface area contributed by atoms with Crippen LogP contribution >= 0.6 is 0 Å². The molecule has 5 N–H and O–H groups in total. The summed E-state index contributed by atoms with van der Waals surface area (Å²) < 4.78 is 6.41. The molecule has 0 radical (unpaired) electrons. The Balaban J connectivity index is 2.50. The highest BCUT2D eigenvalue weighted by Crippen LogP contribution is 2.26. The van der Waals surface area contributed by atoms with Crippen LogP contribution in [-0.2, 0) is 11.5 Å². The Morgan fingerprint density at radius 2 is 1.76 bits per heavy atom. The van der Waals surface area contributed by atoms with Gasteiger partial charge in [0.05, 0.1) is 6.61 Å². The average Bonchev–Trinajstić information content (AvgIpc) is 2.47. The fourth-order valence-electron chi connectivity index (χ4n) is 2.17. The van der Waals surface area contributed by atoms with E-state index >= 15 is 0 Å². The van der Waals surface area contributed by atoms with Gasteiger partial charge in [-0.1, -0.05) is 0 Å². The first kappa shape index (κ1) is 15.8. The van der Waals surface area contributed by atoms with Gasteiger partial charge in [0.15, 0.2) is 6.23 Å². The topological polar surface area (TPSA) is 154 Å². The standard InChI is InChI=1S/C11H16N2O8/c14-3-5-7(17)8(18)9(19)10(21-5)13-6(16)1-2-12(4-15)11(13)20/h1-2,5,7-10,14-15,17-19H,3-4H2/t5-,7-,8+,9-,10?/m1/s1. The SMILES string of the molecule is O=c1ccn(CO)c(=O)n1C1O[C@H](CO)[C@@H](O)[C@H](O)[C@H]1O. The number of ether oxygens (including phenoxy) is 1. The van der Waals surface area contributed by atoms with Gasteiger partial charge in [-0.25, -0.2) is 9.36 Å². The number of aliphatic hydroxyl groups excluding tert-OH is 5. The molecule has 2 rings (SSSR count). The second kappa shape index (κ2) is 6.05. The second-order valence-electron chi connectivity index (χ2n) is 4.64. The third-order valence-electron chi connectivity index (χ3n) is 3.36. The van der Waals surface area contributed by atoms with Gasteiger partial charge in [-0.05, 0) is 0 Å². The van der Waals surface area contributed by atoms with Crippen LogP contribution in [0.2, 0.25) is 0 Å². The zero-order valence-corrected chi connectivity index (χ0v) is 10.8. The van der Waals surface area contributed by atoms with Gasteiger partial charge >= 0.3 is 5.69 Å². The maximum Gasteiger partial charge on any atom is 0.335 e. The summed E-state index contributed by atoms with van der Waals surface area (Å²) in [6, 6.07) is 0.971. The minimum atomic E-state index is -1.76. The van der Waals surface area contributed by atoms with E-state index < -0.39 is 55.2 Å². The third kappa shape index (κ3) is 2.64. The first-order chi connectivity index (χ1) is 9.92. The highest BCUT2D eigenvalue weighted by Gasteiger charge is 2.45.